The van der Waals surface area contributed by atoms with Crippen LogP contribution in [0.4, 0.5) is 5.69 Å². The molecule has 0 saturated carbocycles. The van der Waals surface area contributed by atoms with E-state index in [9.17, 15) is 9.59 Å². The van der Waals surface area contributed by atoms with Crippen LogP contribution in [0.5, 0.6) is 5.88 Å². The van der Waals surface area contributed by atoms with Crippen LogP contribution in [0.2, 0.25) is 5.02 Å². The highest BCUT2D eigenvalue weighted by atomic mass is 35.5. The molecule has 0 saturated heterocycles. The molecule has 0 aliphatic rings. The number of amides is 1. The van der Waals surface area contributed by atoms with Crippen molar-refractivity contribution in [1.29, 1.82) is 0 Å². The first-order valence-corrected chi connectivity index (χ1v) is 7.05. The van der Waals surface area contributed by atoms with E-state index in [1.807, 2.05) is 0 Å². The normalized spacial score (nSPS) is 10.1. The highest BCUT2D eigenvalue weighted by Crippen LogP contribution is 2.14. The second kappa shape index (κ2) is 7.56. The molecule has 0 atom stereocenters. The molecule has 0 unspecified atom stereocenters. The lowest BCUT2D eigenvalue weighted by molar-refractivity contribution is -0.116. The lowest BCUT2D eigenvalue weighted by atomic mass is 10.1. The smallest absolute Gasteiger partial charge is 0.224 e. The summed E-state index contributed by atoms with van der Waals surface area (Å²) < 4.78 is 4.93. The summed E-state index contributed by atoms with van der Waals surface area (Å²) in [7, 11) is 1.52. The van der Waals surface area contributed by atoms with Gasteiger partial charge >= 0.3 is 0 Å². The van der Waals surface area contributed by atoms with Crippen LogP contribution < -0.4 is 10.1 Å². The number of Topliss-reactive ketones (excluding diaryl/α,β-unsaturated/α-hetero) is 1. The first-order valence-electron chi connectivity index (χ1n) is 6.67. The molecule has 5 nitrogen and oxygen atoms in total. The fourth-order valence-corrected chi connectivity index (χ4v) is 2.02. The van der Waals surface area contributed by atoms with Crippen molar-refractivity contribution in [1.82, 2.24) is 4.98 Å². The van der Waals surface area contributed by atoms with Gasteiger partial charge in [-0.25, -0.2) is 4.98 Å². The number of aromatic nitrogens is 1. The number of halogens is 1. The predicted molar refractivity (Wildman–Crippen MR) is 84.4 cm³/mol. The molecule has 0 aliphatic carbocycles. The summed E-state index contributed by atoms with van der Waals surface area (Å²) in [5, 5.41) is 3.18. The SMILES string of the molecule is COc1ccc(NC(=O)CCC(=O)c2cccc(Cl)c2)cn1. The first-order chi connectivity index (χ1) is 10.6. The first kappa shape index (κ1) is 16.0. The molecule has 2 aromatic rings. The van der Waals surface area contributed by atoms with Gasteiger partial charge in [0.05, 0.1) is 19.0 Å². The Morgan fingerprint density at radius 3 is 2.68 bits per heavy atom. The molecule has 1 heterocycles. The predicted octanol–water partition coefficient (Wildman–Crippen LogP) is 3.35. The van der Waals surface area contributed by atoms with Crippen LogP contribution in [0.3, 0.4) is 0 Å². The zero-order chi connectivity index (χ0) is 15.9. The van der Waals surface area contributed by atoms with Crippen molar-refractivity contribution >= 4 is 29.0 Å². The van der Waals surface area contributed by atoms with E-state index in [0.717, 1.165) is 0 Å². The van der Waals surface area contributed by atoms with E-state index in [1.54, 1.807) is 36.4 Å². The van der Waals surface area contributed by atoms with Gasteiger partial charge in [-0.05, 0) is 18.2 Å². The minimum atomic E-state index is -0.248. The number of hydrogen-bond acceptors (Lipinski definition) is 4. The third-order valence-electron chi connectivity index (χ3n) is 2.95. The number of pyridine rings is 1. The fourth-order valence-electron chi connectivity index (χ4n) is 1.83. The molecule has 1 N–H and O–H groups in total. The summed E-state index contributed by atoms with van der Waals surface area (Å²) >= 11 is 5.83. The van der Waals surface area contributed by atoms with Crippen molar-refractivity contribution in [2.75, 3.05) is 12.4 Å². The number of ketones is 1. The molecule has 1 aromatic heterocycles. The Morgan fingerprint density at radius 1 is 1.23 bits per heavy atom. The van der Waals surface area contributed by atoms with Crippen molar-refractivity contribution in [2.45, 2.75) is 12.8 Å². The molecular weight excluding hydrogens is 304 g/mol. The molecule has 22 heavy (non-hydrogen) atoms. The average Bonchev–Trinajstić information content (AvgIpc) is 2.53. The number of anilines is 1. The Bertz CT molecular complexity index is 671. The topological polar surface area (TPSA) is 68.3 Å². The number of methoxy groups -OCH3 is 1. The zero-order valence-corrected chi connectivity index (χ0v) is 12.8. The molecule has 2 rings (SSSR count). The fraction of sp³-hybridized carbons (Fsp3) is 0.188. The van der Waals surface area contributed by atoms with Gasteiger partial charge in [0.1, 0.15) is 0 Å². The van der Waals surface area contributed by atoms with E-state index in [0.29, 0.717) is 22.2 Å². The molecule has 6 heteroatoms. The van der Waals surface area contributed by atoms with Gasteiger partial charge in [0.15, 0.2) is 5.78 Å². The molecule has 1 aromatic carbocycles. The molecule has 0 spiro atoms. The van der Waals surface area contributed by atoms with Crippen LogP contribution in [0.25, 0.3) is 0 Å². The second-order valence-electron chi connectivity index (χ2n) is 4.57. The minimum absolute atomic E-state index is 0.0946. The lowest BCUT2D eigenvalue weighted by Crippen LogP contribution is -2.13. The second-order valence-corrected chi connectivity index (χ2v) is 5.01. The lowest BCUT2D eigenvalue weighted by Gasteiger charge is -2.05. The van der Waals surface area contributed by atoms with Crippen molar-refractivity contribution in [3.63, 3.8) is 0 Å². The largest absolute Gasteiger partial charge is 0.481 e. The number of benzene rings is 1. The number of ether oxygens (including phenoxy) is 1. The zero-order valence-electron chi connectivity index (χ0n) is 12.0. The highest BCUT2D eigenvalue weighted by Gasteiger charge is 2.10. The van der Waals surface area contributed by atoms with Crippen molar-refractivity contribution in [3.8, 4) is 5.88 Å². The van der Waals surface area contributed by atoms with Gasteiger partial charge in [0.2, 0.25) is 11.8 Å². The van der Waals surface area contributed by atoms with E-state index in [2.05, 4.69) is 10.3 Å². The summed E-state index contributed by atoms with van der Waals surface area (Å²) in [5.74, 6) is 0.0991. The molecule has 0 fully saturated rings. The van der Waals surface area contributed by atoms with E-state index in [-0.39, 0.29) is 24.5 Å². The molecule has 1 amide bonds. The Hall–Kier alpha value is -2.40. The van der Waals surface area contributed by atoms with Crippen LogP contribution >= 0.6 is 11.6 Å². The van der Waals surface area contributed by atoms with E-state index >= 15 is 0 Å². The molecule has 114 valence electrons. The third kappa shape index (κ3) is 4.56. The Balaban J connectivity index is 1.85. The van der Waals surface area contributed by atoms with Crippen LogP contribution in [0.15, 0.2) is 42.6 Å². The summed E-state index contributed by atoms with van der Waals surface area (Å²) in [4.78, 5) is 27.8. The van der Waals surface area contributed by atoms with Crippen LogP contribution in [0.1, 0.15) is 23.2 Å². The number of hydrogen-bond donors (Lipinski definition) is 1. The van der Waals surface area contributed by atoms with Crippen LogP contribution in [0, 0.1) is 0 Å². The molecule has 0 radical (unpaired) electrons. The van der Waals surface area contributed by atoms with Gasteiger partial charge in [-0.2, -0.15) is 0 Å². The average molecular weight is 319 g/mol. The number of nitrogens with one attached hydrogen (secondary N) is 1. The number of carbonyl (C=O) groups is 2. The third-order valence-corrected chi connectivity index (χ3v) is 3.19. The van der Waals surface area contributed by atoms with Crippen molar-refractivity contribution in [3.05, 3.63) is 53.2 Å². The van der Waals surface area contributed by atoms with E-state index in [4.69, 9.17) is 16.3 Å². The Morgan fingerprint density at radius 2 is 2.05 bits per heavy atom. The number of rotatable bonds is 6. The van der Waals surface area contributed by atoms with Gasteiger partial charge in [0, 0.05) is 29.5 Å². The maximum Gasteiger partial charge on any atom is 0.224 e. The van der Waals surface area contributed by atoms with Gasteiger partial charge < -0.3 is 10.1 Å². The highest BCUT2D eigenvalue weighted by molar-refractivity contribution is 6.31. The van der Waals surface area contributed by atoms with Gasteiger partial charge in [-0.1, -0.05) is 23.7 Å². The van der Waals surface area contributed by atoms with Gasteiger partial charge in [-0.15, -0.1) is 0 Å². The van der Waals surface area contributed by atoms with Crippen molar-refractivity contribution in [2.24, 2.45) is 0 Å². The summed E-state index contributed by atoms with van der Waals surface area (Å²) in [6.45, 7) is 0. The molecule has 0 aliphatic heterocycles. The maximum absolute atomic E-state index is 12.0. The van der Waals surface area contributed by atoms with Crippen LogP contribution in [-0.2, 0) is 4.79 Å². The molecular formula is C16H15ClN2O3. The Labute approximate surface area is 133 Å². The molecule has 0 bridgehead atoms. The monoisotopic (exact) mass is 318 g/mol. The summed E-state index contributed by atoms with van der Waals surface area (Å²) in [5.41, 5.74) is 1.06. The van der Waals surface area contributed by atoms with Crippen molar-refractivity contribution < 1.29 is 14.3 Å². The van der Waals surface area contributed by atoms with Crippen LogP contribution in [-0.4, -0.2) is 23.8 Å². The Kier molecular flexibility index (Phi) is 5.49. The number of carbonyl (C=O) groups excluding carboxylic acids is 2. The van der Waals surface area contributed by atoms with Gasteiger partial charge in [0.25, 0.3) is 0 Å². The van der Waals surface area contributed by atoms with Gasteiger partial charge in [-0.3, -0.25) is 9.59 Å². The summed E-state index contributed by atoms with van der Waals surface area (Å²) in [6.07, 6.45) is 1.71. The minimum Gasteiger partial charge on any atom is -0.481 e. The van der Waals surface area contributed by atoms with E-state index < -0.39 is 0 Å². The standard InChI is InChI=1S/C16H15ClN2O3/c1-22-16-8-5-13(10-18-16)19-15(21)7-6-14(20)11-3-2-4-12(17)9-11/h2-5,8-10H,6-7H2,1H3,(H,19,21). The quantitative estimate of drug-likeness (QED) is 0.829. The number of nitrogens with zero attached hydrogens (tertiary/aromatic N) is 1. The maximum atomic E-state index is 12.0. The summed E-state index contributed by atoms with van der Waals surface area (Å²) in [6, 6.07) is 10.0. The van der Waals surface area contributed by atoms with E-state index in [1.165, 1.54) is 13.3 Å².